The van der Waals surface area contributed by atoms with Crippen molar-refractivity contribution in [1.29, 1.82) is 0 Å². The third-order valence-corrected chi connectivity index (χ3v) is 8.19. The highest BCUT2D eigenvalue weighted by atomic mass is 32.1. The molecule has 0 unspecified atom stereocenters. The smallest absolute Gasteiger partial charge is 0.0352 e. The quantitative estimate of drug-likeness (QED) is 0.267. The van der Waals surface area contributed by atoms with E-state index < -0.39 is 0 Å². The van der Waals surface area contributed by atoms with Gasteiger partial charge in [0.1, 0.15) is 0 Å². The molecule has 0 N–H and O–H groups in total. The molecule has 0 saturated heterocycles. The fourth-order valence-corrected chi connectivity index (χ4v) is 6.56. The minimum absolute atomic E-state index is 1.12. The molecule has 2 heteroatoms. The summed E-state index contributed by atoms with van der Waals surface area (Å²) < 4.78 is 2.82. The Labute approximate surface area is 179 Å². The molecular weight excluding hydrogens is 388 g/mol. The fourth-order valence-electron chi connectivity index (χ4n) is 4.69. The van der Waals surface area contributed by atoms with Crippen molar-refractivity contribution in [3.63, 3.8) is 0 Å². The van der Waals surface area contributed by atoms with Crippen LogP contribution in [0.1, 0.15) is 29.3 Å². The first-order valence-electron chi connectivity index (χ1n) is 10.5. The first-order chi connectivity index (χ1) is 14.3. The number of thiophene rings is 2. The van der Waals surface area contributed by atoms with E-state index in [1.54, 1.807) is 0 Å². The van der Waals surface area contributed by atoms with Crippen molar-refractivity contribution in [2.24, 2.45) is 0 Å². The molecule has 142 valence electrons. The first-order valence-corrected chi connectivity index (χ1v) is 12.2. The molecule has 5 aromatic rings. The van der Waals surface area contributed by atoms with Gasteiger partial charge in [0.05, 0.1) is 0 Å². The van der Waals surface area contributed by atoms with Crippen molar-refractivity contribution in [2.75, 3.05) is 0 Å². The third-order valence-electron chi connectivity index (χ3n) is 6.15. The summed E-state index contributed by atoms with van der Waals surface area (Å²) in [5, 5.41) is 5.07. The lowest BCUT2D eigenvalue weighted by Gasteiger charge is -2.25. The Balaban J connectivity index is 1.30. The molecule has 0 aliphatic heterocycles. The summed E-state index contributed by atoms with van der Waals surface area (Å²) in [4.78, 5) is 1.50. The van der Waals surface area contributed by atoms with Gasteiger partial charge >= 0.3 is 0 Å². The van der Waals surface area contributed by atoms with E-state index in [2.05, 4.69) is 73.0 Å². The zero-order valence-corrected chi connectivity index (χ0v) is 18.1. The Bertz CT molecular complexity index is 1350. The average molecular weight is 411 g/mol. The van der Waals surface area contributed by atoms with Gasteiger partial charge < -0.3 is 0 Å². The number of hydrogen-bond donors (Lipinski definition) is 0. The van der Waals surface area contributed by atoms with Gasteiger partial charge in [-0.2, -0.15) is 0 Å². The Kier molecular flexibility index (Phi) is 4.11. The largest absolute Gasteiger partial charge is 0.144 e. The Morgan fingerprint density at radius 2 is 1.34 bits per heavy atom. The van der Waals surface area contributed by atoms with Crippen LogP contribution in [-0.4, -0.2) is 0 Å². The summed E-state index contributed by atoms with van der Waals surface area (Å²) in [6.07, 6.45) is 4.64. The molecule has 0 amide bonds. The highest BCUT2D eigenvalue weighted by molar-refractivity contribution is 7.19. The maximum Gasteiger partial charge on any atom is 0.0352 e. The van der Waals surface area contributed by atoms with E-state index in [0.29, 0.717) is 0 Å². The van der Waals surface area contributed by atoms with Crippen LogP contribution in [0.4, 0.5) is 0 Å². The van der Waals surface area contributed by atoms with Crippen LogP contribution >= 0.6 is 22.7 Å². The van der Waals surface area contributed by atoms with Crippen LogP contribution in [0.15, 0.2) is 66.0 Å². The maximum atomic E-state index is 2.45. The van der Waals surface area contributed by atoms with Crippen LogP contribution in [0.25, 0.3) is 42.4 Å². The molecule has 2 aromatic heterocycles. The molecule has 3 aromatic carbocycles. The predicted octanol–water partition coefficient (Wildman–Crippen LogP) is 8.50. The highest BCUT2D eigenvalue weighted by Gasteiger charge is 2.27. The first kappa shape index (κ1) is 17.4. The van der Waals surface area contributed by atoms with Crippen molar-refractivity contribution in [1.82, 2.24) is 0 Å². The predicted molar refractivity (Wildman–Crippen MR) is 129 cm³/mol. The molecule has 0 saturated carbocycles. The summed E-state index contributed by atoms with van der Waals surface area (Å²) in [7, 11) is 0. The van der Waals surface area contributed by atoms with Gasteiger partial charge in [-0.25, -0.2) is 0 Å². The molecule has 0 atom stereocenters. The van der Waals surface area contributed by atoms with Gasteiger partial charge in [0.15, 0.2) is 0 Å². The number of aryl methyl sites for hydroxylation is 3. The normalized spacial score (nSPS) is 12.2. The lowest BCUT2D eigenvalue weighted by molar-refractivity contribution is 0.916. The van der Waals surface area contributed by atoms with Gasteiger partial charge in [0.25, 0.3) is 0 Å². The SMILES string of the molecule is CCCc1ccc(CCc2cc3c4c(ccc3s2)-c2c-4ccc3sccc23)cc1. The van der Waals surface area contributed by atoms with Crippen LogP contribution < -0.4 is 0 Å². The van der Waals surface area contributed by atoms with Crippen molar-refractivity contribution >= 4 is 42.8 Å². The lowest BCUT2D eigenvalue weighted by Crippen LogP contribution is -1.98. The van der Waals surface area contributed by atoms with E-state index in [1.165, 1.54) is 71.3 Å². The minimum Gasteiger partial charge on any atom is -0.144 e. The number of fused-ring (bicyclic) bond motifs is 8. The molecule has 29 heavy (non-hydrogen) atoms. The highest BCUT2D eigenvalue weighted by Crippen LogP contribution is 2.55. The maximum absolute atomic E-state index is 2.45. The van der Waals surface area contributed by atoms with Crippen LogP contribution in [-0.2, 0) is 19.3 Å². The summed E-state index contributed by atoms with van der Waals surface area (Å²) in [6, 6.07) is 23.2. The molecule has 1 aliphatic carbocycles. The summed E-state index contributed by atoms with van der Waals surface area (Å²) in [5.74, 6) is 0. The number of hydrogen-bond acceptors (Lipinski definition) is 2. The standard InChI is InChI=1S/C27H22S2/c1-2-3-17-4-6-18(7-5-17)8-9-19-16-23-25(29-19)13-11-22-26-20-14-15-28-24(20)12-10-21(26)27(22)23/h4-7,10-16H,2-3,8-9H2,1H3. The Morgan fingerprint density at radius 3 is 2.10 bits per heavy atom. The molecule has 0 spiro atoms. The molecule has 0 radical (unpaired) electrons. The monoisotopic (exact) mass is 410 g/mol. The molecule has 0 fully saturated rings. The van der Waals surface area contributed by atoms with Gasteiger partial charge in [-0.1, -0.05) is 49.7 Å². The van der Waals surface area contributed by atoms with Gasteiger partial charge in [0, 0.05) is 25.0 Å². The Morgan fingerprint density at radius 1 is 0.655 bits per heavy atom. The van der Waals surface area contributed by atoms with Crippen molar-refractivity contribution in [2.45, 2.75) is 32.6 Å². The van der Waals surface area contributed by atoms with Crippen LogP contribution in [0, 0.1) is 0 Å². The van der Waals surface area contributed by atoms with E-state index in [4.69, 9.17) is 0 Å². The second-order valence-corrected chi connectivity index (χ2v) is 10.1. The average Bonchev–Trinajstić information content (AvgIpc) is 3.35. The second kappa shape index (κ2) is 6.83. The van der Waals surface area contributed by atoms with E-state index in [-0.39, 0.29) is 0 Å². The van der Waals surface area contributed by atoms with Crippen LogP contribution in [0.5, 0.6) is 0 Å². The lowest BCUT2D eigenvalue weighted by atomic mass is 9.77. The minimum atomic E-state index is 1.12. The van der Waals surface area contributed by atoms with Gasteiger partial charge in [-0.05, 0) is 82.3 Å². The van der Waals surface area contributed by atoms with Crippen molar-refractivity contribution in [3.8, 4) is 22.3 Å². The third kappa shape index (κ3) is 2.78. The van der Waals surface area contributed by atoms with Gasteiger partial charge in [-0.3, -0.25) is 0 Å². The zero-order valence-electron chi connectivity index (χ0n) is 16.5. The molecule has 2 heterocycles. The van der Waals surface area contributed by atoms with Crippen molar-refractivity contribution in [3.05, 3.63) is 82.0 Å². The molecule has 1 aliphatic rings. The molecular formula is C27H22S2. The van der Waals surface area contributed by atoms with E-state index in [0.717, 1.165) is 12.8 Å². The number of benzene rings is 3. The van der Waals surface area contributed by atoms with E-state index >= 15 is 0 Å². The summed E-state index contributed by atoms with van der Waals surface area (Å²) >= 11 is 3.80. The Hall–Kier alpha value is -2.42. The summed E-state index contributed by atoms with van der Waals surface area (Å²) in [6.45, 7) is 2.24. The van der Waals surface area contributed by atoms with Crippen LogP contribution in [0.3, 0.4) is 0 Å². The van der Waals surface area contributed by atoms with Crippen LogP contribution in [0.2, 0.25) is 0 Å². The zero-order chi connectivity index (χ0) is 19.4. The van der Waals surface area contributed by atoms with E-state index in [1.807, 2.05) is 22.7 Å². The van der Waals surface area contributed by atoms with E-state index in [9.17, 15) is 0 Å². The van der Waals surface area contributed by atoms with Gasteiger partial charge in [0.2, 0.25) is 0 Å². The van der Waals surface area contributed by atoms with Crippen molar-refractivity contribution < 1.29 is 0 Å². The fraction of sp³-hybridized carbons (Fsp3) is 0.185. The molecule has 6 rings (SSSR count). The topological polar surface area (TPSA) is 0 Å². The molecule has 0 bridgehead atoms. The second-order valence-electron chi connectivity index (χ2n) is 8.00. The summed E-state index contributed by atoms with van der Waals surface area (Å²) in [5.41, 5.74) is 8.70. The number of rotatable bonds is 5. The van der Waals surface area contributed by atoms with Gasteiger partial charge in [-0.15, -0.1) is 22.7 Å². The molecule has 0 nitrogen and oxygen atoms in total.